The molecule has 1 rings (SSSR count). The predicted molar refractivity (Wildman–Crippen MR) is 67.9 cm³/mol. The molecule has 1 atom stereocenters. The van der Waals surface area contributed by atoms with E-state index in [1.165, 1.54) is 12.1 Å². The van der Waals surface area contributed by atoms with Gasteiger partial charge >= 0.3 is 0 Å². The fourth-order valence-electron chi connectivity index (χ4n) is 1.11. The molecule has 0 radical (unpaired) electrons. The van der Waals surface area contributed by atoms with Crippen molar-refractivity contribution in [2.45, 2.75) is 13.0 Å². The zero-order valence-electron chi connectivity index (χ0n) is 9.36. The SMILES string of the molecule is CNC(C)C(=O)Nc1ccc(Br)c([N+](=O)[O-])c1. The molecule has 7 heteroatoms. The first-order valence-electron chi connectivity index (χ1n) is 4.87. The lowest BCUT2D eigenvalue weighted by molar-refractivity contribution is -0.385. The number of rotatable bonds is 4. The van der Waals surface area contributed by atoms with Crippen LogP contribution in [0.25, 0.3) is 0 Å². The highest BCUT2D eigenvalue weighted by Crippen LogP contribution is 2.27. The molecule has 0 aliphatic rings. The van der Waals surface area contributed by atoms with Crippen molar-refractivity contribution in [2.75, 3.05) is 12.4 Å². The summed E-state index contributed by atoms with van der Waals surface area (Å²) in [6.45, 7) is 1.70. The van der Waals surface area contributed by atoms with Crippen LogP contribution in [-0.4, -0.2) is 23.9 Å². The van der Waals surface area contributed by atoms with Gasteiger partial charge in [-0.2, -0.15) is 0 Å². The van der Waals surface area contributed by atoms with Crippen molar-refractivity contribution in [3.63, 3.8) is 0 Å². The molecule has 0 saturated carbocycles. The summed E-state index contributed by atoms with van der Waals surface area (Å²) >= 11 is 3.07. The zero-order valence-corrected chi connectivity index (χ0v) is 10.9. The third-order valence-corrected chi connectivity index (χ3v) is 2.91. The Morgan fingerprint density at radius 1 is 1.53 bits per heavy atom. The van der Waals surface area contributed by atoms with Gasteiger partial charge in [0.05, 0.1) is 15.4 Å². The van der Waals surface area contributed by atoms with Crippen LogP contribution in [0.15, 0.2) is 22.7 Å². The van der Waals surface area contributed by atoms with Crippen LogP contribution in [-0.2, 0) is 4.79 Å². The Bertz CT molecular complexity index is 450. The van der Waals surface area contributed by atoms with Crippen molar-refractivity contribution >= 4 is 33.2 Å². The van der Waals surface area contributed by atoms with Gasteiger partial charge in [-0.25, -0.2) is 0 Å². The van der Waals surface area contributed by atoms with E-state index in [2.05, 4.69) is 26.6 Å². The van der Waals surface area contributed by atoms with Crippen molar-refractivity contribution in [3.05, 3.63) is 32.8 Å². The van der Waals surface area contributed by atoms with E-state index in [0.29, 0.717) is 10.2 Å². The van der Waals surface area contributed by atoms with Crippen LogP contribution in [0, 0.1) is 10.1 Å². The molecule has 0 bridgehead atoms. The van der Waals surface area contributed by atoms with E-state index in [4.69, 9.17) is 0 Å². The van der Waals surface area contributed by atoms with Crippen molar-refractivity contribution < 1.29 is 9.72 Å². The second-order valence-electron chi connectivity index (χ2n) is 3.42. The molecule has 2 N–H and O–H groups in total. The lowest BCUT2D eigenvalue weighted by Crippen LogP contribution is -2.35. The molecule has 1 aromatic rings. The highest BCUT2D eigenvalue weighted by atomic mass is 79.9. The van der Waals surface area contributed by atoms with Gasteiger partial charge in [0, 0.05) is 11.8 Å². The summed E-state index contributed by atoms with van der Waals surface area (Å²) < 4.78 is 0.377. The van der Waals surface area contributed by atoms with Crippen LogP contribution in [0.1, 0.15) is 6.92 Å². The van der Waals surface area contributed by atoms with E-state index in [0.717, 1.165) is 0 Å². The molecule has 0 aromatic heterocycles. The summed E-state index contributed by atoms with van der Waals surface area (Å²) in [6, 6.07) is 4.07. The van der Waals surface area contributed by atoms with E-state index in [-0.39, 0.29) is 17.6 Å². The van der Waals surface area contributed by atoms with E-state index >= 15 is 0 Å². The van der Waals surface area contributed by atoms with Gasteiger partial charge in [0.2, 0.25) is 5.91 Å². The summed E-state index contributed by atoms with van der Waals surface area (Å²) in [5, 5.41) is 16.1. The Morgan fingerprint density at radius 3 is 2.71 bits per heavy atom. The minimum absolute atomic E-state index is 0.0834. The number of amides is 1. The van der Waals surface area contributed by atoms with Gasteiger partial charge in [-0.05, 0) is 42.0 Å². The van der Waals surface area contributed by atoms with Gasteiger partial charge in [0.15, 0.2) is 0 Å². The number of nitrogens with zero attached hydrogens (tertiary/aromatic N) is 1. The number of halogens is 1. The van der Waals surface area contributed by atoms with Crippen LogP contribution < -0.4 is 10.6 Å². The third-order valence-electron chi connectivity index (χ3n) is 2.24. The predicted octanol–water partition coefficient (Wildman–Crippen LogP) is 1.90. The Kier molecular flexibility index (Phi) is 4.59. The normalized spacial score (nSPS) is 11.9. The molecule has 17 heavy (non-hydrogen) atoms. The van der Waals surface area contributed by atoms with E-state index in [9.17, 15) is 14.9 Å². The average Bonchev–Trinajstić information content (AvgIpc) is 2.30. The van der Waals surface area contributed by atoms with Gasteiger partial charge in [-0.3, -0.25) is 14.9 Å². The van der Waals surface area contributed by atoms with Gasteiger partial charge in [-0.15, -0.1) is 0 Å². The molecule has 0 heterocycles. The Labute approximate surface area is 107 Å². The maximum Gasteiger partial charge on any atom is 0.285 e. The number of nitro benzene ring substituents is 1. The molecule has 92 valence electrons. The number of anilines is 1. The number of likely N-dealkylation sites (N-methyl/N-ethyl adjacent to an activating group) is 1. The van der Waals surface area contributed by atoms with Gasteiger partial charge < -0.3 is 10.6 Å². The first-order chi connectivity index (χ1) is 7.95. The fourth-order valence-corrected chi connectivity index (χ4v) is 1.50. The largest absolute Gasteiger partial charge is 0.324 e. The number of carbonyl (C=O) groups is 1. The Hall–Kier alpha value is -1.47. The fraction of sp³-hybridized carbons (Fsp3) is 0.300. The van der Waals surface area contributed by atoms with Crippen LogP contribution >= 0.6 is 15.9 Å². The van der Waals surface area contributed by atoms with Crippen molar-refractivity contribution in [2.24, 2.45) is 0 Å². The minimum atomic E-state index is -0.513. The van der Waals surface area contributed by atoms with Crippen LogP contribution in [0.2, 0.25) is 0 Å². The number of hydrogen-bond acceptors (Lipinski definition) is 4. The van der Waals surface area contributed by atoms with Crippen molar-refractivity contribution in [1.82, 2.24) is 5.32 Å². The highest BCUT2D eigenvalue weighted by Gasteiger charge is 2.15. The lowest BCUT2D eigenvalue weighted by Gasteiger charge is -2.10. The molecular weight excluding hydrogens is 290 g/mol. The maximum atomic E-state index is 11.6. The van der Waals surface area contributed by atoms with Gasteiger partial charge in [0.25, 0.3) is 5.69 Å². The average molecular weight is 302 g/mol. The highest BCUT2D eigenvalue weighted by molar-refractivity contribution is 9.10. The summed E-state index contributed by atoms with van der Waals surface area (Å²) in [5.74, 6) is -0.246. The monoisotopic (exact) mass is 301 g/mol. The first-order valence-corrected chi connectivity index (χ1v) is 5.67. The number of nitrogens with one attached hydrogen (secondary N) is 2. The Morgan fingerprint density at radius 2 is 2.18 bits per heavy atom. The number of benzene rings is 1. The van der Waals surface area contributed by atoms with Crippen LogP contribution in [0.4, 0.5) is 11.4 Å². The molecule has 1 amide bonds. The van der Waals surface area contributed by atoms with Crippen molar-refractivity contribution in [1.29, 1.82) is 0 Å². The molecular formula is C10H12BrN3O3. The smallest absolute Gasteiger partial charge is 0.285 e. The number of hydrogen-bond donors (Lipinski definition) is 2. The molecule has 0 spiro atoms. The molecule has 0 fully saturated rings. The summed E-state index contributed by atoms with van der Waals surface area (Å²) in [5.41, 5.74) is 0.312. The Balaban J connectivity index is 2.90. The van der Waals surface area contributed by atoms with Gasteiger partial charge in [-0.1, -0.05) is 0 Å². The molecule has 6 nitrogen and oxygen atoms in total. The topological polar surface area (TPSA) is 84.3 Å². The zero-order chi connectivity index (χ0) is 13.0. The van der Waals surface area contributed by atoms with E-state index < -0.39 is 4.92 Å². The quantitative estimate of drug-likeness (QED) is 0.657. The van der Waals surface area contributed by atoms with Crippen LogP contribution in [0.5, 0.6) is 0 Å². The first kappa shape index (κ1) is 13.6. The standard InChI is InChI=1S/C10H12BrN3O3/c1-6(12-2)10(15)13-7-3-4-8(11)9(5-7)14(16)17/h3-6,12H,1-2H3,(H,13,15). The summed E-state index contributed by atoms with van der Waals surface area (Å²) in [7, 11) is 1.66. The second-order valence-corrected chi connectivity index (χ2v) is 4.28. The molecule has 0 aliphatic heterocycles. The van der Waals surface area contributed by atoms with Crippen LogP contribution in [0.3, 0.4) is 0 Å². The minimum Gasteiger partial charge on any atom is -0.324 e. The summed E-state index contributed by atoms with van der Waals surface area (Å²) in [6.07, 6.45) is 0. The third kappa shape index (κ3) is 3.50. The number of carbonyl (C=O) groups excluding carboxylic acids is 1. The van der Waals surface area contributed by atoms with E-state index in [1.807, 2.05) is 0 Å². The number of nitro groups is 1. The lowest BCUT2D eigenvalue weighted by atomic mass is 10.2. The molecule has 1 aromatic carbocycles. The molecule has 0 saturated heterocycles. The van der Waals surface area contributed by atoms with Crippen molar-refractivity contribution in [3.8, 4) is 0 Å². The molecule has 1 unspecified atom stereocenters. The van der Waals surface area contributed by atoms with E-state index in [1.54, 1.807) is 20.0 Å². The second kappa shape index (κ2) is 5.74. The molecule has 0 aliphatic carbocycles. The maximum absolute atomic E-state index is 11.6. The summed E-state index contributed by atoms with van der Waals surface area (Å²) in [4.78, 5) is 21.7. The van der Waals surface area contributed by atoms with Gasteiger partial charge in [0.1, 0.15) is 0 Å².